The van der Waals surface area contributed by atoms with Crippen molar-refractivity contribution < 1.29 is 9.21 Å². The van der Waals surface area contributed by atoms with Gasteiger partial charge in [-0.15, -0.1) is 11.3 Å². The number of carbonyl (C=O) groups is 1. The largest absolute Gasteiger partial charge is 0.456 e. The van der Waals surface area contributed by atoms with Crippen LogP contribution in [0.2, 0.25) is 0 Å². The van der Waals surface area contributed by atoms with Crippen LogP contribution in [-0.4, -0.2) is 10.9 Å². The zero-order chi connectivity index (χ0) is 18.9. The van der Waals surface area contributed by atoms with Crippen LogP contribution >= 0.6 is 11.3 Å². The maximum atomic E-state index is 12.7. The number of para-hydroxylation sites is 1. The Morgan fingerprint density at radius 1 is 0.929 bits per heavy atom. The summed E-state index contributed by atoms with van der Waals surface area (Å²) in [5, 5.41) is 5.46. The summed E-state index contributed by atoms with van der Waals surface area (Å²) in [4.78, 5) is 18.2. The fourth-order valence-corrected chi connectivity index (χ4v) is 4.12. The molecule has 0 aliphatic rings. The van der Waals surface area contributed by atoms with Crippen LogP contribution in [0.15, 0.2) is 83.4 Å². The molecule has 5 aromatic rings. The van der Waals surface area contributed by atoms with E-state index < -0.39 is 0 Å². The minimum atomic E-state index is -0.173. The fourth-order valence-electron chi connectivity index (χ4n) is 3.28. The quantitative estimate of drug-likeness (QED) is 0.421. The van der Waals surface area contributed by atoms with Gasteiger partial charge in [0.05, 0.1) is 0 Å². The molecule has 1 amide bonds. The molecule has 0 aliphatic heterocycles. The normalized spacial score (nSPS) is 11.1. The van der Waals surface area contributed by atoms with Crippen molar-refractivity contribution in [3.8, 4) is 0 Å². The molecule has 0 spiro atoms. The third-order valence-electron chi connectivity index (χ3n) is 4.63. The predicted octanol–water partition coefficient (Wildman–Crippen LogP) is 5.89. The van der Waals surface area contributed by atoms with E-state index in [1.54, 1.807) is 6.07 Å². The maximum Gasteiger partial charge on any atom is 0.257 e. The number of thiazole rings is 1. The Kier molecular flexibility index (Phi) is 4.14. The van der Waals surface area contributed by atoms with E-state index in [4.69, 9.17) is 4.42 Å². The lowest BCUT2D eigenvalue weighted by molar-refractivity contribution is 0.102. The van der Waals surface area contributed by atoms with Crippen LogP contribution in [0, 0.1) is 0 Å². The van der Waals surface area contributed by atoms with Crippen molar-refractivity contribution in [2.45, 2.75) is 6.42 Å². The molecule has 136 valence electrons. The summed E-state index contributed by atoms with van der Waals surface area (Å²) < 4.78 is 5.82. The van der Waals surface area contributed by atoms with Gasteiger partial charge in [-0.3, -0.25) is 10.1 Å². The topological polar surface area (TPSA) is 55.1 Å². The summed E-state index contributed by atoms with van der Waals surface area (Å²) in [6.45, 7) is 0. The molecule has 0 unspecified atom stereocenters. The molecule has 2 heterocycles. The molecule has 5 rings (SSSR count). The van der Waals surface area contributed by atoms with Gasteiger partial charge in [-0.1, -0.05) is 48.5 Å². The number of furan rings is 1. The zero-order valence-electron chi connectivity index (χ0n) is 14.9. The molecule has 0 saturated carbocycles. The summed E-state index contributed by atoms with van der Waals surface area (Å²) in [5.74, 6) is -0.173. The third kappa shape index (κ3) is 3.17. The average molecular weight is 384 g/mol. The van der Waals surface area contributed by atoms with Gasteiger partial charge >= 0.3 is 0 Å². The molecule has 0 radical (unpaired) electrons. The van der Waals surface area contributed by atoms with E-state index in [0.717, 1.165) is 33.2 Å². The highest BCUT2D eigenvalue weighted by molar-refractivity contribution is 7.15. The van der Waals surface area contributed by atoms with Gasteiger partial charge in [-0.05, 0) is 29.8 Å². The lowest BCUT2D eigenvalue weighted by atomic mass is 10.1. The SMILES string of the molecule is O=C(Nc1ncc(Cc2ccccc2)s1)c1ccc2oc3ccccc3c2c1. The molecule has 0 fully saturated rings. The van der Waals surface area contributed by atoms with Crippen LogP contribution in [0.25, 0.3) is 21.9 Å². The molecule has 2 aromatic heterocycles. The first-order chi connectivity index (χ1) is 13.8. The highest BCUT2D eigenvalue weighted by Gasteiger charge is 2.13. The molecular formula is C23H16N2O2S. The Hall–Kier alpha value is -3.44. The summed E-state index contributed by atoms with van der Waals surface area (Å²) >= 11 is 1.50. The maximum absolute atomic E-state index is 12.7. The van der Waals surface area contributed by atoms with Crippen LogP contribution in [0.3, 0.4) is 0 Å². The molecule has 1 N–H and O–H groups in total. The van der Waals surface area contributed by atoms with E-state index in [0.29, 0.717) is 10.7 Å². The van der Waals surface area contributed by atoms with Gasteiger partial charge in [0.1, 0.15) is 11.2 Å². The van der Waals surface area contributed by atoms with Crippen LogP contribution in [0.5, 0.6) is 0 Å². The van der Waals surface area contributed by atoms with Gasteiger partial charge < -0.3 is 4.42 Å². The van der Waals surface area contributed by atoms with Crippen molar-refractivity contribution >= 4 is 44.3 Å². The Morgan fingerprint density at radius 3 is 2.61 bits per heavy atom. The highest BCUT2D eigenvalue weighted by atomic mass is 32.1. The second kappa shape index (κ2) is 6.94. The van der Waals surface area contributed by atoms with E-state index in [1.807, 2.05) is 60.8 Å². The van der Waals surface area contributed by atoms with Crippen molar-refractivity contribution in [1.29, 1.82) is 0 Å². The molecule has 5 heteroatoms. The fraction of sp³-hybridized carbons (Fsp3) is 0.0435. The van der Waals surface area contributed by atoms with Gasteiger partial charge in [0, 0.05) is 33.8 Å². The Labute approximate surface area is 165 Å². The second-order valence-corrected chi connectivity index (χ2v) is 7.67. The molecule has 28 heavy (non-hydrogen) atoms. The van der Waals surface area contributed by atoms with E-state index in [2.05, 4.69) is 22.4 Å². The van der Waals surface area contributed by atoms with Gasteiger partial charge in [0.2, 0.25) is 0 Å². The van der Waals surface area contributed by atoms with Crippen molar-refractivity contribution in [2.75, 3.05) is 5.32 Å². The first-order valence-electron chi connectivity index (χ1n) is 8.97. The lowest BCUT2D eigenvalue weighted by Crippen LogP contribution is -2.11. The van der Waals surface area contributed by atoms with Crippen molar-refractivity contribution in [3.05, 3.63) is 95.0 Å². The average Bonchev–Trinajstić information content (AvgIpc) is 3.32. The third-order valence-corrected chi connectivity index (χ3v) is 5.55. The Balaban J connectivity index is 1.37. The van der Waals surface area contributed by atoms with E-state index in [1.165, 1.54) is 16.9 Å². The summed E-state index contributed by atoms with van der Waals surface area (Å²) in [5.41, 5.74) is 3.40. The Morgan fingerprint density at radius 2 is 1.71 bits per heavy atom. The number of anilines is 1. The number of benzene rings is 3. The number of hydrogen-bond donors (Lipinski definition) is 1. The van der Waals surface area contributed by atoms with Crippen LogP contribution < -0.4 is 5.32 Å². The number of aromatic nitrogens is 1. The second-order valence-electron chi connectivity index (χ2n) is 6.56. The van der Waals surface area contributed by atoms with Gasteiger partial charge in [-0.25, -0.2) is 4.98 Å². The smallest absolute Gasteiger partial charge is 0.257 e. The predicted molar refractivity (Wildman–Crippen MR) is 113 cm³/mol. The van der Waals surface area contributed by atoms with E-state index in [-0.39, 0.29) is 5.91 Å². The molecule has 4 nitrogen and oxygen atoms in total. The summed E-state index contributed by atoms with van der Waals surface area (Å²) in [6, 6.07) is 23.5. The van der Waals surface area contributed by atoms with Gasteiger partial charge in [0.25, 0.3) is 5.91 Å². The number of carbonyl (C=O) groups excluding carboxylic acids is 1. The lowest BCUT2D eigenvalue weighted by Gasteiger charge is -2.02. The van der Waals surface area contributed by atoms with Crippen LogP contribution in [-0.2, 0) is 6.42 Å². The molecule has 0 atom stereocenters. The summed E-state index contributed by atoms with van der Waals surface area (Å²) in [6.07, 6.45) is 2.63. The molecular weight excluding hydrogens is 368 g/mol. The first-order valence-corrected chi connectivity index (χ1v) is 9.79. The van der Waals surface area contributed by atoms with Crippen molar-refractivity contribution in [3.63, 3.8) is 0 Å². The number of nitrogens with one attached hydrogen (secondary N) is 1. The van der Waals surface area contributed by atoms with Crippen molar-refractivity contribution in [2.24, 2.45) is 0 Å². The number of amides is 1. The number of rotatable bonds is 4. The molecule has 0 bridgehead atoms. The standard InChI is InChI=1S/C23H16N2O2S/c26-22(25-23-24-14-17(28-23)12-15-6-2-1-3-7-15)16-10-11-21-19(13-16)18-8-4-5-9-20(18)27-21/h1-11,13-14H,12H2,(H,24,25,26). The minimum Gasteiger partial charge on any atom is -0.456 e. The minimum absolute atomic E-state index is 0.173. The zero-order valence-corrected chi connectivity index (χ0v) is 15.7. The molecule has 0 saturated heterocycles. The molecule has 3 aromatic carbocycles. The Bertz CT molecular complexity index is 1290. The van der Waals surface area contributed by atoms with Gasteiger partial charge in [-0.2, -0.15) is 0 Å². The monoisotopic (exact) mass is 384 g/mol. The number of fused-ring (bicyclic) bond motifs is 3. The number of hydrogen-bond acceptors (Lipinski definition) is 4. The number of nitrogens with zero attached hydrogens (tertiary/aromatic N) is 1. The van der Waals surface area contributed by atoms with Crippen LogP contribution in [0.4, 0.5) is 5.13 Å². The molecule has 0 aliphatic carbocycles. The van der Waals surface area contributed by atoms with Crippen molar-refractivity contribution in [1.82, 2.24) is 4.98 Å². The van der Waals surface area contributed by atoms with Gasteiger partial charge in [0.15, 0.2) is 5.13 Å². The highest BCUT2D eigenvalue weighted by Crippen LogP contribution is 2.29. The summed E-state index contributed by atoms with van der Waals surface area (Å²) in [7, 11) is 0. The van der Waals surface area contributed by atoms with E-state index in [9.17, 15) is 4.79 Å². The van der Waals surface area contributed by atoms with Crippen LogP contribution in [0.1, 0.15) is 20.8 Å². The first kappa shape index (κ1) is 16.7. The van der Waals surface area contributed by atoms with E-state index >= 15 is 0 Å².